The van der Waals surface area contributed by atoms with Gasteiger partial charge in [-0.3, -0.25) is 4.79 Å². The molecule has 0 unspecified atom stereocenters. The fraction of sp³-hybridized carbons (Fsp3) is 0.125. The van der Waals surface area contributed by atoms with Crippen molar-refractivity contribution >= 4 is 23.2 Å². The summed E-state index contributed by atoms with van der Waals surface area (Å²) in [4.78, 5) is 13.9. The Balaban J connectivity index is 2.19. The Labute approximate surface area is 128 Å². The third-order valence-corrected chi connectivity index (χ3v) is 3.43. The summed E-state index contributed by atoms with van der Waals surface area (Å²) in [5, 5.41) is 9.44. The molecule has 1 amide bonds. The summed E-state index contributed by atoms with van der Waals surface area (Å²) in [6.45, 7) is 0.347. The first-order valence-electron chi connectivity index (χ1n) is 6.31. The maximum Gasteiger partial charge on any atom is 0.253 e. The van der Waals surface area contributed by atoms with Gasteiger partial charge >= 0.3 is 0 Å². The van der Waals surface area contributed by atoms with E-state index < -0.39 is 0 Å². The molecule has 0 bridgehead atoms. The highest BCUT2D eigenvalue weighted by atomic mass is 35.5. The number of carbonyl (C=O) groups is 1. The number of benzene rings is 2. The van der Waals surface area contributed by atoms with Gasteiger partial charge in [0.15, 0.2) is 0 Å². The number of carbonyl (C=O) groups excluding carboxylic acids is 1. The van der Waals surface area contributed by atoms with E-state index in [0.717, 1.165) is 5.56 Å². The van der Waals surface area contributed by atoms with Crippen LogP contribution >= 0.6 is 11.6 Å². The van der Waals surface area contributed by atoms with Gasteiger partial charge in [0, 0.05) is 29.9 Å². The molecular formula is C16H14ClN3O. The molecule has 0 aliphatic heterocycles. The molecule has 2 rings (SSSR count). The quantitative estimate of drug-likeness (QED) is 0.885. The Kier molecular flexibility index (Phi) is 4.46. The van der Waals surface area contributed by atoms with Gasteiger partial charge in [-0.1, -0.05) is 17.7 Å². The number of nitriles is 1. The molecule has 0 aromatic heterocycles. The van der Waals surface area contributed by atoms with E-state index in [2.05, 4.69) is 0 Å². The van der Waals surface area contributed by atoms with Gasteiger partial charge in [-0.15, -0.1) is 0 Å². The average molecular weight is 300 g/mol. The summed E-state index contributed by atoms with van der Waals surface area (Å²) in [6.07, 6.45) is 0. The van der Waals surface area contributed by atoms with E-state index in [1.807, 2.05) is 6.07 Å². The lowest BCUT2D eigenvalue weighted by Gasteiger charge is -2.18. The van der Waals surface area contributed by atoms with Crippen LogP contribution in [0.1, 0.15) is 21.5 Å². The lowest BCUT2D eigenvalue weighted by Crippen LogP contribution is -2.26. The van der Waals surface area contributed by atoms with Gasteiger partial charge in [-0.2, -0.15) is 5.26 Å². The summed E-state index contributed by atoms with van der Waals surface area (Å²) in [5.41, 5.74) is 8.03. The number of rotatable bonds is 3. The monoisotopic (exact) mass is 299 g/mol. The Morgan fingerprint density at radius 3 is 2.81 bits per heavy atom. The number of nitrogens with zero attached hydrogens (tertiary/aromatic N) is 2. The molecule has 21 heavy (non-hydrogen) atoms. The smallest absolute Gasteiger partial charge is 0.253 e. The lowest BCUT2D eigenvalue weighted by molar-refractivity contribution is 0.0785. The molecule has 4 nitrogen and oxygen atoms in total. The van der Waals surface area contributed by atoms with Crippen LogP contribution < -0.4 is 5.73 Å². The van der Waals surface area contributed by atoms with E-state index >= 15 is 0 Å². The predicted molar refractivity (Wildman–Crippen MR) is 82.8 cm³/mol. The van der Waals surface area contributed by atoms with Crippen molar-refractivity contribution in [1.29, 1.82) is 5.26 Å². The maximum absolute atomic E-state index is 12.4. The number of anilines is 1. The number of hydrogen-bond donors (Lipinski definition) is 1. The molecule has 0 radical (unpaired) electrons. The number of amides is 1. The third kappa shape index (κ3) is 3.53. The van der Waals surface area contributed by atoms with Crippen molar-refractivity contribution in [2.75, 3.05) is 12.8 Å². The summed E-state index contributed by atoms with van der Waals surface area (Å²) < 4.78 is 0. The summed E-state index contributed by atoms with van der Waals surface area (Å²) in [7, 11) is 1.68. The van der Waals surface area contributed by atoms with Crippen molar-refractivity contribution < 1.29 is 4.79 Å². The molecule has 0 fully saturated rings. The van der Waals surface area contributed by atoms with E-state index in [-0.39, 0.29) is 5.91 Å². The molecule has 0 aliphatic carbocycles. The molecule has 5 heteroatoms. The van der Waals surface area contributed by atoms with Crippen molar-refractivity contribution in [2.45, 2.75) is 6.54 Å². The number of nitrogens with two attached hydrogens (primary N) is 1. The standard InChI is InChI=1S/C16H14ClN3O/c1-20(10-13-8-14(19)5-6-15(13)17)16(21)12-4-2-3-11(7-12)9-18/h2-8H,10,19H2,1H3. The van der Waals surface area contributed by atoms with Gasteiger partial charge in [0.1, 0.15) is 0 Å². The van der Waals surface area contributed by atoms with Gasteiger partial charge in [0.05, 0.1) is 11.6 Å². The van der Waals surface area contributed by atoms with Gasteiger partial charge in [-0.25, -0.2) is 0 Å². The van der Waals surface area contributed by atoms with Crippen molar-refractivity contribution in [3.05, 3.63) is 64.2 Å². The zero-order chi connectivity index (χ0) is 15.4. The third-order valence-electron chi connectivity index (χ3n) is 3.06. The average Bonchev–Trinajstić information content (AvgIpc) is 2.50. The van der Waals surface area contributed by atoms with Crippen molar-refractivity contribution in [1.82, 2.24) is 4.90 Å². The van der Waals surface area contributed by atoms with E-state index in [9.17, 15) is 4.79 Å². The highest BCUT2D eigenvalue weighted by molar-refractivity contribution is 6.31. The van der Waals surface area contributed by atoms with Gasteiger partial charge in [0.25, 0.3) is 5.91 Å². The van der Waals surface area contributed by atoms with Gasteiger partial charge in [0.2, 0.25) is 0 Å². The first-order chi connectivity index (χ1) is 10.0. The molecule has 106 valence electrons. The van der Waals surface area contributed by atoms with E-state index in [1.54, 1.807) is 49.5 Å². The minimum absolute atomic E-state index is 0.175. The summed E-state index contributed by atoms with van der Waals surface area (Å²) in [6, 6.07) is 13.8. The molecular weight excluding hydrogens is 286 g/mol. The zero-order valence-corrected chi connectivity index (χ0v) is 12.3. The van der Waals surface area contributed by atoms with E-state index in [0.29, 0.717) is 28.4 Å². The topological polar surface area (TPSA) is 70.1 Å². The summed E-state index contributed by atoms with van der Waals surface area (Å²) >= 11 is 6.10. The van der Waals surface area contributed by atoms with Crippen LogP contribution in [0, 0.1) is 11.3 Å². The van der Waals surface area contributed by atoms with Crippen LogP contribution in [0.25, 0.3) is 0 Å². The van der Waals surface area contributed by atoms with Crippen LogP contribution in [-0.2, 0) is 6.54 Å². The van der Waals surface area contributed by atoms with Crippen LogP contribution in [0.2, 0.25) is 5.02 Å². The first-order valence-corrected chi connectivity index (χ1v) is 6.68. The van der Waals surface area contributed by atoms with Crippen LogP contribution in [-0.4, -0.2) is 17.9 Å². The van der Waals surface area contributed by atoms with Gasteiger partial charge in [-0.05, 0) is 42.0 Å². The molecule has 0 atom stereocenters. The van der Waals surface area contributed by atoms with Crippen molar-refractivity contribution in [3.8, 4) is 6.07 Å². The van der Waals surface area contributed by atoms with Crippen LogP contribution in [0.5, 0.6) is 0 Å². The second kappa shape index (κ2) is 6.29. The summed E-state index contributed by atoms with van der Waals surface area (Å²) in [5.74, 6) is -0.175. The largest absolute Gasteiger partial charge is 0.399 e. The Morgan fingerprint density at radius 2 is 2.10 bits per heavy atom. The molecule has 0 heterocycles. The SMILES string of the molecule is CN(Cc1cc(N)ccc1Cl)C(=O)c1cccc(C#N)c1. The van der Waals surface area contributed by atoms with Crippen LogP contribution in [0.3, 0.4) is 0 Å². The molecule has 0 saturated carbocycles. The second-order valence-electron chi connectivity index (χ2n) is 4.70. The number of halogens is 1. The Morgan fingerprint density at radius 1 is 1.33 bits per heavy atom. The Hall–Kier alpha value is -2.51. The van der Waals surface area contributed by atoms with Gasteiger partial charge < -0.3 is 10.6 Å². The molecule has 0 spiro atoms. The fourth-order valence-corrected chi connectivity index (χ4v) is 2.16. The minimum atomic E-state index is -0.175. The predicted octanol–water partition coefficient (Wildman–Crippen LogP) is 3.07. The highest BCUT2D eigenvalue weighted by Gasteiger charge is 2.14. The molecule has 0 aliphatic rings. The Bertz CT molecular complexity index is 722. The molecule has 2 aromatic carbocycles. The number of nitrogen functional groups attached to an aromatic ring is 1. The minimum Gasteiger partial charge on any atom is -0.399 e. The van der Waals surface area contributed by atoms with Crippen molar-refractivity contribution in [2.24, 2.45) is 0 Å². The molecule has 2 aromatic rings. The van der Waals surface area contributed by atoms with Crippen LogP contribution in [0.4, 0.5) is 5.69 Å². The fourth-order valence-electron chi connectivity index (χ4n) is 1.99. The maximum atomic E-state index is 12.4. The van der Waals surface area contributed by atoms with E-state index in [4.69, 9.17) is 22.6 Å². The lowest BCUT2D eigenvalue weighted by atomic mass is 10.1. The van der Waals surface area contributed by atoms with Crippen LogP contribution in [0.15, 0.2) is 42.5 Å². The second-order valence-corrected chi connectivity index (χ2v) is 5.11. The normalized spacial score (nSPS) is 9.95. The highest BCUT2D eigenvalue weighted by Crippen LogP contribution is 2.21. The van der Waals surface area contributed by atoms with E-state index in [1.165, 1.54) is 4.90 Å². The molecule has 2 N–H and O–H groups in total. The number of hydrogen-bond acceptors (Lipinski definition) is 3. The van der Waals surface area contributed by atoms with Crippen molar-refractivity contribution in [3.63, 3.8) is 0 Å². The zero-order valence-electron chi connectivity index (χ0n) is 11.5. The molecule has 0 saturated heterocycles. The first kappa shape index (κ1) is 14.9.